The van der Waals surface area contributed by atoms with Gasteiger partial charge in [-0.15, -0.1) is 11.8 Å². The summed E-state index contributed by atoms with van der Waals surface area (Å²) in [5.74, 6) is -1.57. The molecule has 0 saturated carbocycles. The van der Waals surface area contributed by atoms with Crippen LogP contribution < -0.4 is 10.7 Å². The highest BCUT2D eigenvalue weighted by Gasteiger charge is 2.20. The molecule has 2 aromatic rings. The van der Waals surface area contributed by atoms with Crippen LogP contribution in [0.4, 0.5) is 0 Å². The molecule has 1 atom stereocenters. The molecule has 0 fully saturated rings. The lowest BCUT2D eigenvalue weighted by Crippen LogP contribution is -2.33. The lowest BCUT2D eigenvalue weighted by molar-refractivity contribution is -0.144. The topological polar surface area (TPSA) is 143 Å². The van der Waals surface area contributed by atoms with Crippen LogP contribution in [0.1, 0.15) is 56.3 Å². The van der Waals surface area contributed by atoms with E-state index in [1.165, 1.54) is 28.7 Å². The molecular weight excluding hydrogens is 424 g/mol. The number of thioether (sulfide) groups is 1. The number of aliphatic carboxylic acids is 1. The number of H-pyrrole nitrogens is 1. The fourth-order valence-electron chi connectivity index (χ4n) is 2.95. The first-order valence-electron chi connectivity index (χ1n) is 10.2. The first-order chi connectivity index (χ1) is 14.9. The van der Waals surface area contributed by atoms with Gasteiger partial charge in [0.2, 0.25) is 0 Å². The normalized spacial score (nSPS) is 11.9. The fraction of sp³-hybridized carbons (Fsp3) is 0.550. The van der Waals surface area contributed by atoms with Crippen molar-refractivity contribution in [2.45, 2.75) is 51.0 Å². The molecule has 0 aliphatic heterocycles. The van der Waals surface area contributed by atoms with Crippen LogP contribution in [-0.4, -0.2) is 56.5 Å². The molecule has 31 heavy (non-hydrogen) atoms. The number of carbonyl (C=O) groups excluding carboxylic acids is 2. The molecule has 10 nitrogen and oxygen atoms in total. The second-order valence-electron chi connectivity index (χ2n) is 7.04. The van der Waals surface area contributed by atoms with Gasteiger partial charge >= 0.3 is 11.9 Å². The molecule has 0 aliphatic carbocycles. The number of carboxylic acid groups (broad SMARTS) is 1. The Morgan fingerprint density at radius 3 is 2.81 bits per heavy atom. The predicted octanol–water partition coefficient (Wildman–Crippen LogP) is 2.08. The summed E-state index contributed by atoms with van der Waals surface area (Å²) in [5.41, 5.74) is -0.743. The van der Waals surface area contributed by atoms with Crippen LogP contribution >= 0.6 is 11.8 Å². The van der Waals surface area contributed by atoms with Gasteiger partial charge in [-0.25, -0.2) is 9.50 Å². The van der Waals surface area contributed by atoms with Crippen molar-refractivity contribution in [3.8, 4) is 0 Å². The number of hydrogen-bond acceptors (Lipinski definition) is 7. The molecule has 11 heteroatoms. The zero-order chi connectivity index (χ0) is 22.8. The van der Waals surface area contributed by atoms with Gasteiger partial charge in [-0.2, -0.15) is 0 Å². The van der Waals surface area contributed by atoms with Crippen molar-refractivity contribution >= 4 is 35.3 Å². The van der Waals surface area contributed by atoms with Gasteiger partial charge in [-0.05, 0) is 12.3 Å². The molecule has 2 aromatic heterocycles. The van der Waals surface area contributed by atoms with E-state index in [4.69, 9.17) is 9.84 Å². The predicted molar refractivity (Wildman–Crippen MR) is 115 cm³/mol. The summed E-state index contributed by atoms with van der Waals surface area (Å²) in [4.78, 5) is 51.4. The largest absolute Gasteiger partial charge is 0.480 e. The molecule has 0 aliphatic rings. The molecule has 1 unspecified atom stereocenters. The summed E-state index contributed by atoms with van der Waals surface area (Å²) in [7, 11) is 0. The number of nitrogens with one attached hydrogen (secondary N) is 2. The van der Waals surface area contributed by atoms with Crippen LogP contribution in [0.2, 0.25) is 0 Å². The van der Waals surface area contributed by atoms with Crippen LogP contribution in [0.15, 0.2) is 22.2 Å². The molecule has 0 saturated heterocycles. The first-order valence-corrected chi connectivity index (χ1v) is 11.2. The highest BCUT2D eigenvalue weighted by Crippen LogP contribution is 2.20. The summed E-state index contributed by atoms with van der Waals surface area (Å²) >= 11 is 1.25. The van der Waals surface area contributed by atoms with Gasteiger partial charge in [0, 0.05) is 11.8 Å². The van der Waals surface area contributed by atoms with Crippen molar-refractivity contribution in [1.82, 2.24) is 19.9 Å². The van der Waals surface area contributed by atoms with Crippen LogP contribution in [0.3, 0.4) is 0 Å². The number of aromatic amines is 1. The van der Waals surface area contributed by atoms with Crippen molar-refractivity contribution < 1.29 is 24.2 Å². The Hall–Kier alpha value is -2.82. The maximum atomic E-state index is 12.5. The number of hydrogen-bond donors (Lipinski definition) is 3. The molecule has 0 bridgehead atoms. The summed E-state index contributed by atoms with van der Waals surface area (Å²) in [5, 5.41) is 14.2. The Bertz CT molecular complexity index is 970. The average Bonchev–Trinajstić information content (AvgIpc) is 3.21. The lowest BCUT2D eigenvalue weighted by Gasteiger charge is -2.14. The van der Waals surface area contributed by atoms with Crippen molar-refractivity contribution in [3.05, 3.63) is 28.2 Å². The number of fused-ring (bicyclic) bond motifs is 1. The molecule has 2 heterocycles. The second kappa shape index (κ2) is 12.1. The Morgan fingerprint density at radius 2 is 2.13 bits per heavy atom. The zero-order valence-electron chi connectivity index (χ0n) is 17.7. The molecule has 0 aromatic carbocycles. The van der Waals surface area contributed by atoms with Crippen molar-refractivity contribution in [2.75, 3.05) is 18.9 Å². The number of pyridine rings is 1. The van der Waals surface area contributed by atoms with Crippen molar-refractivity contribution in [3.63, 3.8) is 0 Å². The van der Waals surface area contributed by atoms with E-state index in [9.17, 15) is 19.2 Å². The summed E-state index contributed by atoms with van der Waals surface area (Å²) < 4.78 is 6.83. The Kier molecular flexibility index (Phi) is 9.57. The summed E-state index contributed by atoms with van der Waals surface area (Å²) in [6, 6.07) is 1.26. The minimum atomic E-state index is -1.22. The first kappa shape index (κ1) is 24.4. The van der Waals surface area contributed by atoms with Gasteiger partial charge in [0.05, 0.1) is 13.0 Å². The van der Waals surface area contributed by atoms with E-state index in [1.54, 1.807) is 0 Å². The van der Waals surface area contributed by atoms with E-state index in [-0.39, 0.29) is 23.6 Å². The number of unbranched alkanes of at least 4 members (excludes halogenated alkanes) is 1. The molecule has 0 radical (unpaired) electrons. The monoisotopic (exact) mass is 452 g/mol. The molecule has 170 valence electrons. The van der Waals surface area contributed by atoms with E-state index in [1.807, 2.05) is 0 Å². The van der Waals surface area contributed by atoms with Gasteiger partial charge in [0.1, 0.15) is 23.5 Å². The number of rotatable bonds is 13. The van der Waals surface area contributed by atoms with Crippen LogP contribution in [0.25, 0.3) is 5.65 Å². The van der Waals surface area contributed by atoms with Crippen LogP contribution in [0.5, 0.6) is 0 Å². The van der Waals surface area contributed by atoms with E-state index >= 15 is 0 Å². The van der Waals surface area contributed by atoms with Gasteiger partial charge in [-0.1, -0.05) is 33.1 Å². The number of esters is 1. The summed E-state index contributed by atoms with van der Waals surface area (Å²) in [6.45, 7) is 4.03. The Balaban J connectivity index is 1.97. The minimum absolute atomic E-state index is 0.0853. The van der Waals surface area contributed by atoms with E-state index in [0.29, 0.717) is 23.3 Å². The zero-order valence-corrected chi connectivity index (χ0v) is 18.5. The molecule has 1 amide bonds. The van der Waals surface area contributed by atoms with Gasteiger partial charge in [-0.3, -0.25) is 24.3 Å². The minimum Gasteiger partial charge on any atom is -0.480 e. The number of ether oxygens (including phenoxy) is 1. The highest BCUT2D eigenvalue weighted by molar-refractivity contribution is 7.99. The number of amides is 1. The number of carbonyl (C=O) groups is 3. The van der Waals surface area contributed by atoms with Crippen molar-refractivity contribution in [1.29, 1.82) is 0 Å². The number of aromatic nitrogens is 3. The lowest BCUT2D eigenvalue weighted by atomic mass is 10.0. The second-order valence-corrected chi connectivity index (χ2v) is 8.16. The maximum Gasteiger partial charge on any atom is 0.322 e. The third kappa shape index (κ3) is 7.12. The third-order valence-corrected chi connectivity index (χ3v) is 5.74. The van der Waals surface area contributed by atoms with Gasteiger partial charge in [0.25, 0.3) is 5.91 Å². The standard InChI is InChI=1S/C20H28N4O6S/c1-3-5-6-13(4-2)11-30-17(28)7-8-31-15-9-14(25)18(19-22-12-23-24(15)19)20(29)21-10-16(26)27/h9,12-13H,3-8,10-11H2,1-2H3,(H,21,29)(H,22,23)(H,26,27). The van der Waals surface area contributed by atoms with E-state index < -0.39 is 23.9 Å². The molecule has 0 spiro atoms. The Labute approximate surface area is 183 Å². The third-order valence-electron chi connectivity index (χ3n) is 4.74. The highest BCUT2D eigenvalue weighted by atomic mass is 32.2. The smallest absolute Gasteiger partial charge is 0.322 e. The number of carboxylic acids is 1. The van der Waals surface area contributed by atoms with Gasteiger partial charge in [0.15, 0.2) is 11.1 Å². The SMILES string of the molecule is CCCCC(CC)COC(=O)CCSc1cc(=O)c(C(=O)NCC(=O)O)c2nc[nH]n12. The van der Waals surface area contributed by atoms with E-state index in [0.717, 1.165) is 25.7 Å². The fourth-order valence-corrected chi connectivity index (χ4v) is 3.89. The average molecular weight is 453 g/mol. The quantitative estimate of drug-likeness (QED) is 0.310. The van der Waals surface area contributed by atoms with Crippen molar-refractivity contribution in [2.24, 2.45) is 5.92 Å². The summed E-state index contributed by atoms with van der Waals surface area (Å²) in [6.07, 6.45) is 5.74. The molecular formula is C20H28N4O6S. The maximum absolute atomic E-state index is 12.5. The van der Waals surface area contributed by atoms with Gasteiger partial charge < -0.3 is 15.2 Å². The van der Waals surface area contributed by atoms with E-state index in [2.05, 4.69) is 29.2 Å². The Morgan fingerprint density at radius 1 is 1.35 bits per heavy atom. The number of nitrogens with zero attached hydrogens (tertiary/aromatic N) is 2. The molecule has 2 rings (SSSR count). The van der Waals surface area contributed by atoms with Crippen LogP contribution in [0, 0.1) is 5.92 Å². The molecule has 3 N–H and O–H groups in total. The van der Waals surface area contributed by atoms with Crippen LogP contribution in [-0.2, 0) is 14.3 Å².